The van der Waals surface area contributed by atoms with Crippen LogP contribution in [-0.2, 0) is 22.0 Å². The number of allylic oxidation sites excluding steroid dienone is 6. The van der Waals surface area contributed by atoms with Crippen molar-refractivity contribution >= 4 is 22.6 Å². The number of nitrogens with zero attached hydrogens (tertiary/aromatic N) is 3. The minimum absolute atomic E-state index is 0.248. The van der Waals surface area contributed by atoms with Gasteiger partial charge >= 0.3 is 0 Å². The van der Waals surface area contributed by atoms with E-state index in [2.05, 4.69) is 17.1 Å². The summed E-state index contributed by atoms with van der Waals surface area (Å²) in [6, 6.07) is 0.286. The lowest BCUT2D eigenvalue weighted by Crippen LogP contribution is -2.30. The molecule has 0 aliphatic carbocycles. The van der Waals surface area contributed by atoms with Gasteiger partial charge in [0.05, 0.1) is 16.5 Å². The largest absolute Gasteiger partial charge is 0.381 e. The summed E-state index contributed by atoms with van der Waals surface area (Å²) >= 11 is 0. The highest BCUT2D eigenvalue weighted by Crippen LogP contribution is 2.31. The van der Waals surface area contributed by atoms with E-state index in [0.717, 1.165) is 74.8 Å². The van der Waals surface area contributed by atoms with Gasteiger partial charge in [0.15, 0.2) is 0 Å². The third-order valence-electron chi connectivity index (χ3n) is 5.42. The number of ether oxygens (including phenoxy) is 1. The van der Waals surface area contributed by atoms with Gasteiger partial charge in [-0.25, -0.2) is 9.37 Å². The van der Waals surface area contributed by atoms with Gasteiger partial charge in [0, 0.05) is 44.5 Å². The molecule has 170 valence electrons. The molecule has 3 heterocycles. The summed E-state index contributed by atoms with van der Waals surface area (Å²) < 4.78 is 31.3. The lowest BCUT2D eigenvalue weighted by atomic mass is 10.1. The Morgan fingerprint density at radius 1 is 1.35 bits per heavy atom. The van der Waals surface area contributed by atoms with Crippen LogP contribution in [0.3, 0.4) is 0 Å². The number of hydrogen-bond acceptors (Lipinski definition) is 6. The van der Waals surface area contributed by atoms with Crippen LogP contribution in [0.5, 0.6) is 0 Å². The standard InChI is InChI=1S/C23H33FN4O2S/c1-3-9-18(24)10-7-5-6-8-14-28(4-2)23-26-20-13-17-31(29)21(20)22(27-23)25-19-11-15-30-16-12-19/h3,5,7,9-10,19H,4,6,8,11-17H2,1-2H3,(H,25,26,27)/b7-5+,9-3-,18-10+. The van der Waals surface area contributed by atoms with Crippen molar-refractivity contribution in [2.45, 2.75) is 56.9 Å². The molecule has 2 aliphatic rings. The van der Waals surface area contributed by atoms with Crippen molar-refractivity contribution in [2.24, 2.45) is 0 Å². The second-order valence-electron chi connectivity index (χ2n) is 7.68. The fraction of sp³-hybridized carbons (Fsp3) is 0.565. The van der Waals surface area contributed by atoms with Gasteiger partial charge in [0.1, 0.15) is 16.5 Å². The van der Waals surface area contributed by atoms with Gasteiger partial charge in [-0.3, -0.25) is 4.21 Å². The van der Waals surface area contributed by atoms with E-state index in [-0.39, 0.29) is 11.9 Å². The Morgan fingerprint density at radius 3 is 2.90 bits per heavy atom. The molecule has 6 nitrogen and oxygen atoms in total. The molecule has 1 aromatic rings. The summed E-state index contributed by atoms with van der Waals surface area (Å²) in [5.41, 5.74) is 0.904. The van der Waals surface area contributed by atoms with Crippen molar-refractivity contribution < 1.29 is 13.3 Å². The van der Waals surface area contributed by atoms with E-state index in [0.29, 0.717) is 11.7 Å². The lowest BCUT2D eigenvalue weighted by molar-refractivity contribution is 0.0903. The Morgan fingerprint density at radius 2 is 2.16 bits per heavy atom. The van der Waals surface area contributed by atoms with Crippen LogP contribution in [0.1, 0.15) is 45.2 Å². The van der Waals surface area contributed by atoms with Gasteiger partial charge in [0.2, 0.25) is 5.95 Å². The number of nitrogens with one attached hydrogen (secondary N) is 1. The summed E-state index contributed by atoms with van der Waals surface area (Å²) in [6.45, 7) is 6.95. The molecule has 1 atom stereocenters. The molecule has 1 aromatic heterocycles. The van der Waals surface area contributed by atoms with Crippen LogP contribution in [0.15, 0.2) is 41.1 Å². The molecule has 8 heteroatoms. The van der Waals surface area contributed by atoms with Gasteiger partial charge in [-0.15, -0.1) is 0 Å². The first-order valence-electron chi connectivity index (χ1n) is 11.2. The van der Waals surface area contributed by atoms with Crippen molar-refractivity contribution in [1.82, 2.24) is 9.97 Å². The van der Waals surface area contributed by atoms with Crippen LogP contribution in [0.4, 0.5) is 16.2 Å². The maximum atomic E-state index is 13.3. The molecular formula is C23H33FN4O2S. The van der Waals surface area contributed by atoms with Crippen LogP contribution in [-0.4, -0.2) is 52.3 Å². The van der Waals surface area contributed by atoms with Gasteiger partial charge in [0.25, 0.3) is 0 Å². The maximum Gasteiger partial charge on any atom is 0.227 e. The third kappa shape index (κ3) is 6.71. The van der Waals surface area contributed by atoms with Gasteiger partial charge < -0.3 is 15.0 Å². The highest BCUT2D eigenvalue weighted by atomic mass is 32.2. The zero-order valence-electron chi connectivity index (χ0n) is 18.5. The molecule has 0 radical (unpaired) electrons. The maximum absolute atomic E-state index is 13.3. The van der Waals surface area contributed by atoms with E-state index in [9.17, 15) is 8.60 Å². The predicted octanol–water partition coefficient (Wildman–Crippen LogP) is 4.32. The molecule has 0 bridgehead atoms. The summed E-state index contributed by atoms with van der Waals surface area (Å²) in [4.78, 5) is 12.5. The van der Waals surface area contributed by atoms with Crippen molar-refractivity contribution in [3.8, 4) is 0 Å². The lowest BCUT2D eigenvalue weighted by Gasteiger charge is -2.26. The number of hydrogen-bond donors (Lipinski definition) is 1. The van der Waals surface area contributed by atoms with Crippen molar-refractivity contribution in [1.29, 1.82) is 0 Å². The summed E-state index contributed by atoms with van der Waals surface area (Å²) in [5.74, 6) is 1.79. The van der Waals surface area contributed by atoms with Gasteiger partial charge in [-0.2, -0.15) is 4.98 Å². The molecule has 0 amide bonds. The molecule has 1 fully saturated rings. The third-order valence-corrected chi connectivity index (χ3v) is 6.88. The number of fused-ring (bicyclic) bond motifs is 1. The zero-order chi connectivity index (χ0) is 22.1. The van der Waals surface area contributed by atoms with E-state index in [1.165, 1.54) is 12.2 Å². The minimum Gasteiger partial charge on any atom is -0.381 e. The number of unbranched alkanes of at least 4 members (excludes halogenated alkanes) is 1. The first-order valence-corrected chi connectivity index (χ1v) is 12.5. The zero-order valence-corrected chi connectivity index (χ0v) is 19.3. The second kappa shape index (κ2) is 12.1. The Labute approximate surface area is 187 Å². The SMILES string of the molecule is C\C=C/C(F)=C\C=C\CCCN(CC)c1nc2c(c(NC3CCOCC3)n1)S(=O)CC2. The smallest absolute Gasteiger partial charge is 0.227 e. The number of halogens is 1. The van der Waals surface area contributed by atoms with E-state index in [4.69, 9.17) is 14.7 Å². The van der Waals surface area contributed by atoms with E-state index in [1.807, 2.05) is 6.08 Å². The summed E-state index contributed by atoms with van der Waals surface area (Å²) in [6.07, 6.45) is 12.6. The number of aryl methyl sites for hydroxylation is 1. The summed E-state index contributed by atoms with van der Waals surface area (Å²) in [7, 11) is -1.04. The average Bonchev–Trinajstić information content (AvgIpc) is 3.15. The molecular weight excluding hydrogens is 415 g/mol. The Bertz CT molecular complexity index is 850. The molecule has 2 aliphatic heterocycles. The average molecular weight is 449 g/mol. The first-order chi connectivity index (χ1) is 15.1. The topological polar surface area (TPSA) is 67.3 Å². The number of rotatable bonds is 10. The Hall–Kier alpha value is -2.06. The van der Waals surface area contributed by atoms with Crippen molar-refractivity contribution in [3.05, 3.63) is 41.9 Å². The van der Waals surface area contributed by atoms with Crippen molar-refractivity contribution in [2.75, 3.05) is 42.3 Å². The second-order valence-corrected chi connectivity index (χ2v) is 9.19. The van der Waals surface area contributed by atoms with Crippen LogP contribution in [0.2, 0.25) is 0 Å². The quantitative estimate of drug-likeness (QED) is 0.425. The van der Waals surface area contributed by atoms with Gasteiger partial charge in [-0.1, -0.05) is 18.2 Å². The van der Waals surface area contributed by atoms with E-state index < -0.39 is 10.8 Å². The monoisotopic (exact) mass is 448 g/mol. The molecule has 0 aromatic carbocycles. The van der Waals surface area contributed by atoms with Crippen LogP contribution < -0.4 is 10.2 Å². The highest BCUT2D eigenvalue weighted by molar-refractivity contribution is 7.85. The van der Waals surface area contributed by atoms with E-state index in [1.54, 1.807) is 19.1 Å². The van der Waals surface area contributed by atoms with Crippen LogP contribution >= 0.6 is 0 Å². The predicted molar refractivity (Wildman–Crippen MR) is 125 cm³/mol. The fourth-order valence-electron chi connectivity index (χ4n) is 3.73. The van der Waals surface area contributed by atoms with Crippen molar-refractivity contribution in [3.63, 3.8) is 0 Å². The minimum atomic E-state index is -1.04. The first kappa shape index (κ1) is 23.6. The Kier molecular flexibility index (Phi) is 9.21. The number of anilines is 2. The molecule has 0 spiro atoms. The highest BCUT2D eigenvalue weighted by Gasteiger charge is 2.28. The molecule has 1 unspecified atom stereocenters. The van der Waals surface area contributed by atoms with Gasteiger partial charge in [-0.05, 0) is 51.7 Å². The molecule has 3 rings (SSSR count). The van der Waals surface area contributed by atoms with E-state index >= 15 is 0 Å². The number of aromatic nitrogens is 2. The van der Waals surface area contributed by atoms with Crippen LogP contribution in [0, 0.1) is 0 Å². The summed E-state index contributed by atoms with van der Waals surface area (Å²) in [5, 5.41) is 3.53. The Balaban J connectivity index is 1.67. The fourth-order valence-corrected chi connectivity index (χ4v) is 5.04. The van der Waals surface area contributed by atoms with Crippen LogP contribution in [0.25, 0.3) is 0 Å². The molecule has 1 saturated heterocycles. The normalized spacial score (nSPS) is 20.0. The molecule has 0 saturated carbocycles. The molecule has 1 N–H and O–H groups in total. The molecule has 31 heavy (non-hydrogen) atoms.